The molecule has 0 spiro atoms. The van der Waals surface area contributed by atoms with Crippen molar-refractivity contribution in [2.24, 2.45) is 0 Å². The number of fused-ring (bicyclic) bond motifs is 2. The Hall–Kier alpha value is -3.79. The van der Waals surface area contributed by atoms with Gasteiger partial charge in [0.1, 0.15) is 0 Å². The summed E-state index contributed by atoms with van der Waals surface area (Å²) >= 11 is 0. The van der Waals surface area contributed by atoms with Crippen LogP contribution in [0.1, 0.15) is 27.1 Å². The number of para-hydroxylation sites is 1. The molecule has 140 valence electrons. The van der Waals surface area contributed by atoms with Gasteiger partial charge < -0.3 is 18.8 Å². The molecule has 3 aromatic rings. The number of nitrogens with zero attached hydrogens (tertiary/aromatic N) is 2. The van der Waals surface area contributed by atoms with Crippen LogP contribution in [-0.2, 0) is 11.3 Å². The van der Waals surface area contributed by atoms with E-state index in [-0.39, 0.29) is 24.7 Å². The van der Waals surface area contributed by atoms with Gasteiger partial charge in [-0.3, -0.25) is 4.79 Å². The minimum atomic E-state index is -0.611. The van der Waals surface area contributed by atoms with Gasteiger partial charge in [-0.2, -0.15) is 5.26 Å². The van der Waals surface area contributed by atoms with Crippen molar-refractivity contribution >= 4 is 22.7 Å². The quantitative estimate of drug-likeness (QED) is 0.484. The maximum Gasteiger partial charge on any atom is 0.338 e. The molecule has 1 aliphatic heterocycles. The molecule has 28 heavy (non-hydrogen) atoms. The van der Waals surface area contributed by atoms with E-state index in [1.165, 1.54) is 6.07 Å². The van der Waals surface area contributed by atoms with Crippen LogP contribution < -0.4 is 9.47 Å². The number of aryl methyl sites for hydroxylation is 1. The summed E-state index contributed by atoms with van der Waals surface area (Å²) in [5.74, 6) is 0.125. The van der Waals surface area contributed by atoms with E-state index < -0.39 is 5.97 Å². The molecule has 7 heteroatoms. The van der Waals surface area contributed by atoms with Crippen molar-refractivity contribution in [2.75, 3.05) is 13.4 Å². The highest BCUT2D eigenvalue weighted by Gasteiger charge is 2.20. The first kappa shape index (κ1) is 17.6. The van der Waals surface area contributed by atoms with Gasteiger partial charge >= 0.3 is 5.97 Å². The molecule has 0 N–H and O–H groups in total. The number of nitriles is 1. The number of hydrogen-bond acceptors (Lipinski definition) is 6. The minimum absolute atomic E-state index is 0.113. The number of ether oxygens (including phenoxy) is 3. The average molecular weight is 376 g/mol. The molecule has 0 saturated heterocycles. The Labute approximate surface area is 160 Å². The van der Waals surface area contributed by atoms with Crippen molar-refractivity contribution in [3.8, 4) is 17.6 Å². The van der Waals surface area contributed by atoms with Crippen LogP contribution >= 0.6 is 0 Å². The maximum absolute atomic E-state index is 12.7. The Balaban J connectivity index is 1.49. The van der Waals surface area contributed by atoms with Gasteiger partial charge in [0, 0.05) is 29.2 Å². The van der Waals surface area contributed by atoms with Gasteiger partial charge in [0.2, 0.25) is 12.6 Å². The van der Waals surface area contributed by atoms with Gasteiger partial charge in [-0.15, -0.1) is 0 Å². The Bertz CT molecular complexity index is 1110. The summed E-state index contributed by atoms with van der Waals surface area (Å²) in [6, 6.07) is 14.3. The summed E-state index contributed by atoms with van der Waals surface area (Å²) in [5, 5.41) is 9.59. The fourth-order valence-electron chi connectivity index (χ4n) is 3.14. The average Bonchev–Trinajstić information content (AvgIpc) is 3.34. The van der Waals surface area contributed by atoms with E-state index in [2.05, 4.69) is 6.07 Å². The molecule has 1 aromatic heterocycles. The Morgan fingerprint density at radius 1 is 1.14 bits per heavy atom. The first-order valence-electron chi connectivity index (χ1n) is 8.72. The molecule has 0 atom stereocenters. The number of esters is 1. The van der Waals surface area contributed by atoms with Gasteiger partial charge in [-0.05, 0) is 24.3 Å². The third kappa shape index (κ3) is 3.28. The van der Waals surface area contributed by atoms with Crippen LogP contribution in [-0.4, -0.2) is 29.7 Å². The van der Waals surface area contributed by atoms with Crippen LogP contribution in [0.25, 0.3) is 10.9 Å². The molecule has 0 saturated carbocycles. The third-order valence-corrected chi connectivity index (χ3v) is 4.50. The number of carbonyl (C=O) groups is 2. The lowest BCUT2D eigenvalue weighted by molar-refractivity contribution is 0.0475. The van der Waals surface area contributed by atoms with E-state index in [1.807, 2.05) is 28.8 Å². The second kappa shape index (κ2) is 7.45. The molecule has 0 unspecified atom stereocenters. The second-order valence-electron chi connectivity index (χ2n) is 6.23. The first-order valence-corrected chi connectivity index (χ1v) is 8.72. The van der Waals surface area contributed by atoms with Crippen LogP contribution in [0.4, 0.5) is 0 Å². The SMILES string of the molecule is N#CCCn1cc(C(=O)COC(=O)c2ccc3c(c2)OCO3)c2ccccc21. The largest absolute Gasteiger partial charge is 0.454 e. The van der Waals surface area contributed by atoms with Crippen molar-refractivity contribution in [2.45, 2.75) is 13.0 Å². The van der Waals surface area contributed by atoms with Gasteiger partial charge in [-0.25, -0.2) is 4.79 Å². The number of ketones is 1. The lowest BCUT2D eigenvalue weighted by atomic mass is 10.1. The summed E-state index contributed by atoms with van der Waals surface area (Å²) in [6.45, 7) is 0.225. The highest BCUT2D eigenvalue weighted by molar-refractivity contribution is 6.09. The molecule has 2 aromatic carbocycles. The molecule has 2 heterocycles. The normalized spacial score (nSPS) is 12.0. The zero-order chi connectivity index (χ0) is 19.5. The number of aromatic nitrogens is 1. The van der Waals surface area contributed by atoms with E-state index in [0.29, 0.717) is 30.0 Å². The number of benzene rings is 2. The number of carbonyl (C=O) groups excluding carboxylic acids is 2. The van der Waals surface area contributed by atoms with E-state index in [9.17, 15) is 9.59 Å². The summed E-state index contributed by atoms with van der Waals surface area (Å²) in [5.41, 5.74) is 1.61. The van der Waals surface area contributed by atoms with E-state index >= 15 is 0 Å². The van der Waals surface area contributed by atoms with E-state index in [0.717, 1.165) is 10.9 Å². The highest BCUT2D eigenvalue weighted by Crippen LogP contribution is 2.32. The number of Topliss-reactive ketones (excluding diaryl/α,β-unsaturated/α-hetero) is 1. The molecule has 0 fully saturated rings. The van der Waals surface area contributed by atoms with Crippen molar-refractivity contribution in [3.05, 3.63) is 59.8 Å². The summed E-state index contributed by atoms with van der Waals surface area (Å²) in [7, 11) is 0. The smallest absolute Gasteiger partial charge is 0.338 e. The van der Waals surface area contributed by atoms with Gasteiger partial charge in [0.15, 0.2) is 18.1 Å². The summed E-state index contributed by atoms with van der Waals surface area (Å²) in [6.07, 6.45) is 2.05. The lowest BCUT2D eigenvalue weighted by Crippen LogP contribution is -2.14. The topological polar surface area (TPSA) is 90.6 Å². The van der Waals surface area contributed by atoms with E-state index in [1.54, 1.807) is 18.3 Å². The van der Waals surface area contributed by atoms with Crippen molar-refractivity contribution in [1.29, 1.82) is 5.26 Å². The van der Waals surface area contributed by atoms with Gasteiger partial charge in [-0.1, -0.05) is 18.2 Å². The molecule has 0 bridgehead atoms. The standard InChI is InChI=1S/C21H16N2O5/c22-8-3-9-23-11-16(15-4-1-2-5-17(15)23)18(24)12-26-21(25)14-6-7-19-20(10-14)28-13-27-19/h1-2,4-7,10-11H,3,9,12-13H2. The van der Waals surface area contributed by atoms with Crippen LogP contribution in [0.5, 0.6) is 11.5 Å². The molecule has 7 nitrogen and oxygen atoms in total. The zero-order valence-corrected chi connectivity index (χ0v) is 14.9. The Morgan fingerprint density at radius 3 is 2.82 bits per heavy atom. The predicted molar refractivity (Wildman–Crippen MR) is 99.3 cm³/mol. The second-order valence-corrected chi connectivity index (χ2v) is 6.23. The van der Waals surface area contributed by atoms with E-state index in [4.69, 9.17) is 19.5 Å². The first-order chi connectivity index (χ1) is 13.7. The van der Waals surface area contributed by atoms with Crippen molar-refractivity contribution in [3.63, 3.8) is 0 Å². The molecular formula is C21H16N2O5. The maximum atomic E-state index is 12.7. The zero-order valence-electron chi connectivity index (χ0n) is 14.9. The lowest BCUT2D eigenvalue weighted by Gasteiger charge is -2.05. The molecule has 0 radical (unpaired) electrons. The van der Waals surface area contributed by atoms with Crippen molar-refractivity contribution < 1.29 is 23.8 Å². The van der Waals surface area contributed by atoms with Crippen LogP contribution in [0.3, 0.4) is 0 Å². The van der Waals surface area contributed by atoms with Gasteiger partial charge in [0.05, 0.1) is 18.1 Å². The Kier molecular flexibility index (Phi) is 4.68. The monoisotopic (exact) mass is 376 g/mol. The fourth-order valence-corrected chi connectivity index (χ4v) is 3.14. The van der Waals surface area contributed by atoms with Crippen LogP contribution in [0.2, 0.25) is 0 Å². The predicted octanol–water partition coefficient (Wildman–Crippen LogP) is 3.32. The molecule has 4 rings (SSSR count). The van der Waals surface area contributed by atoms with Crippen LogP contribution in [0, 0.1) is 11.3 Å². The summed E-state index contributed by atoms with van der Waals surface area (Å²) < 4.78 is 17.5. The van der Waals surface area contributed by atoms with Crippen molar-refractivity contribution in [1.82, 2.24) is 4.57 Å². The third-order valence-electron chi connectivity index (χ3n) is 4.50. The molecule has 0 aliphatic carbocycles. The number of rotatable bonds is 6. The molecule has 1 aliphatic rings. The highest BCUT2D eigenvalue weighted by atomic mass is 16.7. The summed E-state index contributed by atoms with van der Waals surface area (Å²) in [4.78, 5) is 24.9. The van der Waals surface area contributed by atoms with Crippen LogP contribution in [0.15, 0.2) is 48.7 Å². The minimum Gasteiger partial charge on any atom is -0.454 e. The molecular weight excluding hydrogens is 360 g/mol. The molecule has 0 amide bonds. The number of hydrogen-bond donors (Lipinski definition) is 0. The van der Waals surface area contributed by atoms with Gasteiger partial charge in [0.25, 0.3) is 0 Å². The fraction of sp³-hybridized carbons (Fsp3) is 0.190. The Morgan fingerprint density at radius 2 is 1.96 bits per heavy atom.